The van der Waals surface area contributed by atoms with Crippen molar-refractivity contribution in [2.45, 2.75) is 25.2 Å². The molecular weight excluding hydrogens is 348 g/mol. The molecule has 0 aromatic heterocycles. The van der Waals surface area contributed by atoms with Gasteiger partial charge in [0.05, 0.1) is 4.90 Å². The van der Waals surface area contributed by atoms with E-state index in [1.807, 2.05) is 44.2 Å². The minimum Gasteiger partial charge on any atom is -0.329 e. The first-order chi connectivity index (χ1) is 12.4. The van der Waals surface area contributed by atoms with Gasteiger partial charge < -0.3 is 5.73 Å². The Morgan fingerprint density at radius 2 is 1.62 bits per heavy atom. The van der Waals surface area contributed by atoms with Crippen molar-refractivity contribution in [2.24, 2.45) is 11.7 Å². The van der Waals surface area contributed by atoms with E-state index in [0.717, 1.165) is 5.56 Å². The van der Waals surface area contributed by atoms with E-state index in [1.54, 1.807) is 12.1 Å². The molecule has 0 amide bonds. The van der Waals surface area contributed by atoms with Crippen LogP contribution in [0.1, 0.15) is 29.8 Å². The van der Waals surface area contributed by atoms with Crippen molar-refractivity contribution in [2.75, 3.05) is 19.6 Å². The van der Waals surface area contributed by atoms with E-state index in [1.165, 1.54) is 16.4 Å². The van der Waals surface area contributed by atoms with Crippen LogP contribution >= 0.6 is 0 Å². The summed E-state index contributed by atoms with van der Waals surface area (Å²) in [6.07, 6.45) is 0.615. The first-order valence-corrected chi connectivity index (χ1v) is 10.2. The molecule has 0 aliphatic carbocycles. The van der Waals surface area contributed by atoms with Crippen LogP contribution in [0.25, 0.3) is 0 Å². The van der Waals surface area contributed by atoms with Crippen molar-refractivity contribution in [3.05, 3.63) is 65.7 Å². The van der Waals surface area contributed by atoms with Gasteiger partial charge in [0.1, 0.15) is 0 Å². The van der Waals surface area contributed by atoms with Gasteiger partial charge in [-0.15, -0.1) is 0 Å². The lowest BCUT2D eigenvalue weighted by atomic mass is 10.0. The largest absolute Gasteiger partial charge is 0.329 e. The van der Waals surface area contributed by atoms with E-state index in [-0.39, 0.29) is 29.7 Å². The van der Waals surface area contributed by atoms with Gasteiger partial charge in [-0.25, -0.2) is 8.42 Å². The Bertz CT molecular complexity index is 816. The summed E-state index contributed by atoms with van der Waals surface area (Å²) in [6.45, 7) is 4.50. The second-order valence-corrected chi connectivity index (χ2v) is 8.41. The molecule has 26 heavy (non-hydrogen) atoms. The van der Waals surface area contributed by atoms with E-state index in [9.17, 15) is 13.2 Å². The standard InChI is InChI=1S/C20H26N2O3S/c1-16(2)20(23)18-8-10-19(11-9-18)26(24,25)22(15-13-21)14-12-17-6-4-3-5-7-17/h3-11,16H,12-15,21H2,1-2H3. The summed E-state index contributed by atoms with van der Waals surface area (Å²) in [7, 11) is -3.65. The molecule has 6 heteroatoms. The first-order valence-electron chi connectivity index (χ1n) is 8.74. The second-order valence-electron chi connectivity index (χ2n) is 6.47. The number of carbonyl (C=O) groups is 1. The van der Waals surface area contributed by atoms with Crippen LogP contribution in [0.15, 0.2) is 59.5 Å². The summed E-state index contributed by atoms with van der Waals surface area (Å²) in [4.78, 5) is 12.2. The zero-order chi connectivity index (χ0) is 19.2. The molecule has 0 aliphatic rings. The van der Waals surface area contributed by atoms with E-state index < -0.39 is 10.0 Å². The van der Waals surface area contributed by atoms with Gasteiger partial charge in [0.25, 0.3) is 0 Å². The normalized spacial score (nSPS) is 11.9. The molecule has 2 rings (SSSR count). The highest BCUT2D eigenvalue weighted by Gasteiger charge is 2.24. The molecule has 0 bridgehead atoms. The molecular formula is C20H26N2O3S. The maximum atomic E-state index is 12.9. The fourth-order valence-corrected chi connectivity index (χ4v) is 4.12. The lowest BCUT2D eigenvalue weighted by Gasteiger charge is -2.22. The Hall–Kier alpha value is -2.02. The number of benzene rings is 2. The molecule has 2 N–H and O–H groups in total. The quantitative estimate of drug-likeness (QED) is 0.684. The highest BCUT2D eigenvalue weighted by Crippen LogP contribution is 2.18. The minimum absolute atomic E-state index is 0.00293. The predicted molar refractivity (Wildman–Crippen MR) is 104 cm³/mol. The number of sulfonamides is 1. The van der Waals surface area contributed by atoms with Gasteiger partial charge in [0.15, 0.2) is 5.78 Å². The number of hydrogen-bond acceptors (Lipinski definition) is 4. The average Bonchev–Trinajstić information content (AvgIpc) is 2.65. The third-order valence-electron chi connectivity index (χ3n) is 4.17. The molecule has 2 aromatic carbocycles. The van der Waals surface area contributed by atoms with Crippen molar-refractivity contribution in [3.8, 4) is 0 Å². The van der Waals surface area contributed by atoms with Gasteiger partial charge in [-0.05, 0) is 24.1 Å². The number of ketones is 1. The Kier molecular flexibility index (Phi) is 7.08. The van der Waals surface area contributed by atoms with E-state index in [2.05, 4.69) is 0 Å². The lowest BCUT2D eigenvalue weighted by molar-refractivity contribution is 0.0939. The average molecular weight is 375 g/mol. The Balaban J connectivity index is 2.19. The van der Waals surface area contributed by atoms with Crippen LogP contribution in [0.3, 0.4) is 0 Å². The van der Waals surface area contributed by atoms with Crippen LogP contribution in [0, 0.1) is 5.92 Å². The summed E-state index contributed by atoms with van der Waals surface area (Å²) in [6, 6.07) is 15.9. The fraction of sp³-hybridized carbons (Fsp3) is 0.350. The highest BCUT2D eigenvalue weighted by atomic mass is 32.2. The molecule has 5 nitrogen and oxygen atoms in total. The van der Waals surface area contributed by atoms with Crippen LogP contribution in [0.5, 0.6) is 0 Å². The molecule has 0 heterocycles. The van der Waals surface area contributed by atoms with Gasteiger partial charge in [0.2, 0.25) is 10.0 Å². The number of nitrogens with two attached hydrogens (primary N) is 1. The second kappa shape index (κ2) is 9.07. The number of rotatable bonds is 9. The van der Waals surface area contributed by atoms with E-state index in [4.69, 9.17) is 5.73 Å². The third kappa shape index (κ3) is 5.00. The molecule has 0 aliphatic heterocycles. The monoisotopic (exact) mass is 374 g/mol. The molecule has 2 aromatic rings. The van der Waals surface area contributed by atoms with Crippen LogP contribution in [0.2, 0.25) is 0 Å². The van der Waals surface area contributed by atoms with Crippen LogP contribution in [-0.2, 0) is 16.4 Å². The molecule has 0 saturated carbocycles. The summed E-state index contributed by atoms with van der Waals surface area (Å²) in [5.41, 5.74) is 7.21. The molecule has 0 spiro atoms. The van der Waals surface area contributed by atoms with Crippen LogP contribution in [-0.4, -0.2) is 38.1 Å². The summed E-state index contributed by atoms with van der Waals surface area (Å²) < 4.78 is 27.3. The number of nitrogens with zero attached hydrogens (tertiary/aromatic N) is 1. The van der Waals surface area contributed by atoms with E-state index in [0.29, 0.717) is 18.5 Å². The molecule has 0 fully saturated rings. The van der Waals surface area contributed by atoms with Crippen LogP contribution < -0.4 is 5.73 Å². The van der Waals surface area contributed by atoms with Gasteiger partial charge in [-0.1, -0.05) is 56.3 Å². The Morgan fingerprint density at radius 3 is 2.15 bits per heavy atom. The van der Waals surface area contributed by atoms with Crippen molar-refractivity contribution < 1.29 is 13.2 Å². The van der Waals surface area contributed by atoms with Gasteiger partial charge >= 0.3 is 0 Å². The Labute approximate surface area is 155 Å². The maximum absolute atomic E-state index is 12.9. The fourth-order valence-electron chi connectivity index (χ4n) is 2.67. The van der Waals surface area contributed by atoms with Crippen LogP contribution in [0.4, 0.5) is 0 Å². The number of hydrogen-bond donors (Lipinski definition) is 1. The molecule has 0 atom stereocenters. The zero-order valence-electron chi connectivity index (χ0n) is 15.3. The van der Waals surface area contributed by atoms with Gasteiger partial charge in [-0.3, -0.25) is 4.79 Å². The first kappa shape index (κ1) is 20.3. The number of Topliss-reactive ketones (excluding diaryl/α,β-unsaturated/α-hetero) is 1. The molecule has 0 unspecified atom stereocenters. The van der Waals surface area contributed by atoms with Crippen molar-refractivity contribution >= 4 is 15.8 Å². The molecule has 0 radical (unpaired) electrons. The topological polar surface area (TPSA) is 80.5 Å². The van der Waals surface area contributed by atoms with Gasteiger partial charge in [-0.2, -0.15) is 4.31 Å². The van der Waals surface area contributed by atoms with Crippen molar-refractivity contribution in [3.63, 3.8) is 0 Å². The lowest BCUT2D eigenvalue weighted by Crippen LogP contribution is -2.37. The molecule has 0 saturated heterocycles. The zero-order valence-corrected chi connectivity index (χ0v) is 16.1. The molecule has 140 valence electrons. The highest BCUT2D eigenvalue weighted by molar-refractivity contribution is 7.89. The Morgan fingerprint density at radius 1 is 1.00 bits per heavy atom. The number of carbonyl (C=O) groups excluding carboxylic acids is 1. The minimum atomic E-state index is -3.65. The third-order valence-corrected chi connectivity index (χ3v) is 6.09. The SMILES string of the molecule is CC(C)C(=O)c1ccc(S(=O)(=O)N(CCN)CCc2ccccc2)cc1. The summed E-state index contributed by atoms with van der Waals surface area (Å²) in [5.74, 6) is -0.131. The van der Waals surface area contributed by atoms with E-state index >= 15 is 0 Å². The summed E-state index contributed by atoms with van der Waals surface area (Å²) >= 11 is 0. The van der Waals surface area contributed by atoms with Gasteiger partial charge in [0, 0.05) is 31.1 Å². The van der Waals surface area contributed by atoms with Crippen molar-refractivity contribution in [1.29, 1.82) is 0 Å². The smallest absolute Gasteiger partial charge is 0.243 e. The summed E-state index contributed by atoms with van der Waals surface area (Å²) in [5, 5.41) is 0. The maximum Gasteiger partial charge on any atom is 0.243 e. The predicted octanol–water partition coefficient (Wildman–Crippen LogP) is 2.72. The van der Waals surface area contributed by atoms with Crippen molar-refractivity contribution in [1.82, 2.24) is 4.31 Å².